The molecule has 0 saturated carbocycles. The molecule has 0 unspecified atom stereocenters. The largest absolute Gasteiger partial charge is 0.496 e. The summed E-state index contributed by atoms with van der Waals surface area (Å²) >= 11 is 13.4. The van der Waals surface area contributed by atoms with Crippen LogP contribution in [-0.2, 0) is 22.6 Å². The number of carbonyl (C=O) groups excluding carboxylic acids is 1. The predicted molar refractivity (Wildman–Crippen MR) is 104 cm³/mol. The fourth-order valence-corrected chi connectivity index (χ4v) is 3.65. The first-order valence-corrected chi connectivity index (χ1v) is 9.37. The average Bonchev–Trinajstić information content (AvgIpc) is 3.11. The van der Waals surface area contributed by atoms with Crippen LogP contribution in [0.25, 0.3) is 10.6 Å². The van der Waals surface area contributed by atoms with E-state index in [1.807, 2.05) is 29.6 Å². The normalized spacial score (nSPS) is 10.6. The van der Waals surface area contributed by atoms with Gasteiger partial charge in [0.2, 0.25) is 0 Å². The summed E-state index contributed by atoms with van der Waals surface area (Å²) in [5, 5.41) is 3.65. The fraction of sp³-hybridized carbons (Fsp3) is 0.158. The van der Waals surface area contributed by atoms with Crippen molar-refractivity contribution >= 4 is 40.5 Å². The first kappa shape index (κ1) is 18.7. The molecule has 0 bridgehead atoms. The van der Waals surface area contributed by atoms with E-state index in [1.165, 1.54) is 11.3 Å². The lowest BCUT2D eigenvalue weighted by molar-refractivity contribution is -0.144. The lowest BCUT2D eigenvalue weighted by Crippen LogP contribution is -2.08. The Morgan fingerprint density at radius 2 is 2.00 bits per heavy atom. The average molecular weight is 408 g/mol. The molecular formula is C19H15Cl2NO3S. The Morgan fingerprint density at radius 1 is 1.19 bits per heavy atom. The molecule has 1 heterocycles. The van der Waals surface area contributed by atoms with Crippen molar-refractivity contribution in [3.8, 4) is 16.3 Å². The molecule has 134 valence electrons. The van der Waals surface area contributed by atoms with E-state index in [0.29, 0.717) is 21.3 Å². The fourth-order valence-electron chi connectivity index (χ4n) is 2.34. The molecule has 0 saturated heterocycles. The highest BCUT2D eigenvalue weighted by Gasteiger charge is 2.12. The molecule has 0 radical (unpaired) electrons. The van der Waals surface area contributed by atoms with Crippen LogP contribution in [0.15, 0.2) is 47.8 Å². The molecule has 0 spiro atoms. The Balaban J connectivity index is 1.62. The number of hydrogen-bond acceptors (Lipinski definition) is 5. The molecule has 2 aromatic carbocycles. The first-order valence-electron chi connectivity index (χ1n) is 7.74. The number of benzene rings is 2. The number of halogens is 2. The van der Waals surface area contributed by atoms with E-state index in [9.17, 15) is 4.79 Å². The third-order valence-corrected chi connectivity index (χ3v) is 5.13. The van der Waals surface area contributed by atoms with E-state index in [0.717, 1.165) is 16.3 Å². The van der Waals surface area contributed by atoms with Crippen molar-refractivity contribution in [3.05, 3.63) is 69.1 Å². The smallest absolute Gasteiger partial charge is 0.310 e. The summed E-state index contributed by atoms with van der Waals surface area (Å²) in [6.07, 6.45) is 0.0828. The van der Waals surface area contributed by atoms with E-state index in [2.05, 4.69) is 4.98 Å². The van der Waals surface area contributed by atoms with Crippen LogP contribution in [0.1, 0.15) is 11.3 Å². The SMILES string of the molecule is COc1ccccc1-c1nc(COC(=O)Cc2ccc(Cl)cc2Cl)cs1. The van der Waals surface area contributed by atoms with Crippen LogP contribution in [0.2, 0.25) is 10.0 Å². The summed E-state index contributed by atoms with van der Waals surface area (Å²) in [6, 6.07) is 12.7. The third kappa shape index (κ3) is 4.55. The molecular weight excluding hydrogens is 393 g/mol. The van der Waals surface area contributed by atoms with Crippen LogP contribution in [0, 0.1) is 0 Å². The summed E-state index contributed by atoms with van der Waals surface area (Å²) in [7, 11) is 1.62. The number of aromatic nitrogens is 1. The van der Waals surface area contributed by atoms with Gasteiger partial charge in [0.05, 0.1) is 24.8 Å². The van der Waals surface area contributed by atoms with Gasteiger partial charge in [0, 0.05) is 15.4 Å². The molecule has 4 nitrogen and oxygen atoms in total. The van der Waals surface area contributed by atoms with Gasteiger partial charge in [-0.1, -0.05) is 41.4 Å². The zero-order chi connectivity index (χ0) is 18.5. The van der Waals surface area contributed by atoms with Crippen LogP contribution in [-0.4, -0.2) is 18.1 Å². The summed E-state index contributed by atoms with van der Waals surface area (Å²) in [5.74, 6) is 0.379. The molecule has 0 fully saturated rings. The highest BCUT2D eigenvalue weighted by molar-refractivity contribution is 7.13. The van der Waals surface area contributed by atoms with Gasteiger partial charge in [-0.05, 0) is 29.8 Å². The zero-order valence-corrected chi connectivity index (χ0v) is 16.2. The number of ether oxygens (including phenoxy) is 2. The molecule has 1 aromatic heterocycles. The number of methoxy groups -OCH3 is 1. The number of hydrogen-bond donors (Lipinski definition) is 0. The molecule has 3 rings (SSSR count). The molecule has 0 N–H and O–H groups in total. The second-order valence-electron chi connectivity index (χ2n) is 5.42. The molecule has 0 aliphatic heterocycles. The van der Waals surface area contributed by atoms with Crippen molar-refractivity contribution in [3.63, 3.8) is 0 Å². The van der Waals surface area contributed by atoms with Gasteiger partial charge >= 0.3 is 5.97 Å². The molecule has 0 aliphatic carbocycles. The summed E-state index contributed by atoms with van der Waals surface area (Å²) < 4.78 is 10.7. The molecule has 0 atom stereocenters. The number of nitrogens with zero attached hydrogens (tertiary/aromatic N) is 1. The highest BCUT2D eigenvalue weighted by atomic mass is 35.5. The maximum atomic E-state index is 12.0. The van der Waals surface area contributed by atoms with Gasteiger partial charge in [0.25, 0.3) is 0 Å². The maximum absolute atomic E-state index is 12.0. The topological polar surface area (TPSA) is 48.4 Å². The zero-order valence-electron chi connectivity index (χ0n) is 13.9. The van der Waals surface area contributed by atoms with Crippen molar-refractivity contribution in [2.45, 2.75) is 13.0 Å². The quantitative estimate of drug-likeness (QED) is 0.512. The summed E-state index contributed by atoms with van der Waals surface area (Å²) in [6.45, 7) is 0.107. The van der Waals surface area contributed by atoms with Gasteiger partial charge in [0.1, 0.15) is 17.4 Å². The van der Waals surface area contributed by atoms with Crippen molar-refractivity contribution in [2.75, 3.05) is 7.11 Å². The monoisotopic (exact) mass is 407 g/mol. The van der Waals surface area contributed by atoms with Crippen molar-refractivity contribution in [1.29, 1.82) is 0 Å². The van der Waals surface area contributed by atoms with E-state index < -0.39 is 0 Å². The van der Waals surface area contributed by atoms with Gasteiger partial charge in [-0.25, -0.2) is 4.98 Å². The Morgan fingerprint density at radius 3 is 2.77 bits per heavy atom. The minimum atomic E-state index is -0.374. The highest BCUT2D eigenvalue weighted by Crippen LogP contribution is 2.32. The van der Waals surface area contributed by atoms with Crippen LogP contribution < -0.4 is 4.74 Å². The lowest BCUT2D eigenvalue weighted by Gasteiger charge is -2.06. The lowest BCUT2D eigenvalue weighted by atomic mass is 10.1. The molecule has 3 aromatic rings. The summed E-state index contributed by atoms with van der Waals surface area (Å²) in [5.41, 5.74) is 2.27. The molecule has 0 aliphatic rings. The van der Waals surface area contributed by atoms with E-state index in [1.54, 1.807) is 25.3 Å². The summed E-state index contributed by atoms with van der Waals surface area (Å²) in [4.78, 5) is 16.6. The number of para-hydroxylation sites is 1. The van der Waals surface area contributed by atoms with Gasteiger partial charge in [-0.3, -0.25) is 4.79 Å². The Bertz CT molecular complexity index is 927. The van der Waals surface area contributed by atoms with E-state index >= 15 is 0 Å². The van der Waals surface area contributed by atoms with E-state index in [4.69, 9.17) is 32.7 Å². The molecule has 0 amide bonds. The molecule has 7 heteroatoms. The van der Waals surface area contributed by atoms with Crippen molar-refractivity contribution < 1.29 is 14.3 Å². The van der Waals surface area contributed by atoms with Gasteiger partial charge in [0.15, 0.2) is 0 Å². The standard InChI is InChI=1S/C19H15Cl2NO3S/c1-24-17-5-3-2-4-15(17)19-22-14(11-26-19)10-25-18(23)8-12-6-7-13(20)9-16(12)21/h2-7,9,11H,8,10H2,1H3. The van der Waals surface area contributed by atoms with Crippen molar-refractivity contribution in [1.82, 2.24) is 4.98 Å². The number of carbonyl (C=O) groups is 1. The second kappa shape index (κ2) is 8.54. The van der Waals surface area contributed by atoms with Gasteiger partial charge in [-0.2, -0.15) is 0 Å². The van der Waals surface area contributed by atoms with Gasteiger partial charge < -0.3 is 9.47 Å². The van der Waals surface area contributed by atoms with E-state index in [-0.39, 0.29) is 19.0 Å². The number of rotatable bonds is 6. The van der Waals surface area contributed by atoms with Crippen LogP contribution in [0.4, 0.5) is 0 Å². The maximum Gasteiger partial charge on any atom is 0.310 e. The second-order valence-corrected chi connectivity index (χ2v) is 7.12. The van der Waals surface area contributed by atoms with Crippen molar-refractivity contribution in [2.24, 2.45) is 0 Å². The number of esters is 1. The minimum Gasteiger partial charge on any atom is -0.496 e. The molecule has 26 heavy (non-hydrogen) atoms. The third-order valence-electron chi connectivity index (χ3n) is 3.62. The van der Waals surface area contributed by atoms with Crippen LogP contribution in [0.3, 0.4) is 0 Å². The van der Waals surface area contributed by atoms with Crippen LogP contribution >= 0.6 is 34.5 Å². The Hall–Kier alpha value is -2.08. The Kier molecular flexibility index (Phi) is 6.14. The Labute approximate surface area is 165 Å². The van der Waals surface area contributed by atoms with Crippen LogP contribution in [0.5, 0.6) is 5.75 Å². The predicted octanol–water partition coefficient (Wildman–Crippen LogP) is 5.41. The first-order chi connectivity index (χ1) is 12.6. The minimum absolute atomic E-state index is 0.0828. The van der Waals surface area contributed by atoms with Gasteiger partial charge in [-0.15, -0.1) is 11.3 Å². The number of thiazole rings is 1.